The van der Waals surface area contributed by atoms with Crippen LogP contribution in [0, 0.1) is 11.7 Å². The van der Waals surface area contributed by atoms with Crippen molar-refractivity contribution in [3.63, 3.8) is 0 Å². The minimum absolute atomic E-state index is 0.00771. The lowest BCUT2D eigenvalue weighted by Crippen LogP contribution is -2.57. The van der Waals surface area contributed by atoms with Crippen molar-refractivity contribution in [1.29, 1.82) is 0 Å². The van der Waals surface area contributed by atoms with E-state index >= 15 is 0 Å². The van der Waals surface area contributed by atoms with Gasteiger partial charge in [0.2, 0.25) is 5.95 Å². The molecule has 0 bridgehead atoms. The van der Waals surface area contributed by atoms with E-state index in [9.17, 15) is 26.7 Å². The highest BCUT2D eigenvalue weighted by Gasteiger charge is 2.47. The Hall–Kier alpha value is -3.71. The zero-order valence-corrected chi connectivity index (χ0v) is 18.7. The van der Waals surface area contributed by atoms with Crippen molar-refractivity contribution < 1.29 is 26.7 Å². The molecule has 1 saturated heterocycles. The number of nitrogens with zero attached hydrogens (tertiary/aromatic N) is 7. The first kappa shape index (κ1) is 24.4. The van der Waals surface area contributed by atoms with E-state index in [-0.39, 0.29) is 35.1 Å². The summed E-state index contributed by atoms with van der Waals surface area (Å²) in [7, 11) is 1.54. The average molecular weight is 496 g/mol. The summed E-state index contributed by atoms with van der Waals surface area (Å²) in [6.45, 7) is 0.725. The standard InChI is InChI=1S/C21H21F5N8O/c1-11-3-21(25,26)10-34(15(11)8-31-20-29-4-12(5-30-20)17(23)24)19(35)16-14(9-33(2)32-16)18-27-6-13(22)7-28-18/h4-7,9,11,15,17H,3,8,10H2,1-2H3,(H,29,30,31). The zero-order valence-electron chi connectivity index (χ0n) is 18.7. The predicted molar refractivity (Wildman–Crippen MR) is 113 cm³/mol. The maximum absolute atomic E-state index is 14.5. The Morgan fingerprint density at radius 1 is 1.17 bits per heavy atom. The first-order chi connectivity index (χ1) is 16.5. The molecule has 0 spiro atoms. The molecule has 0 aliphatic carbocycles. The molecule has 1 amide bonds. The van der Waals surface area contributed by atoms with E-state index in [0.717, 1.165) is 29.7 Å². The number of hydrogen-bond acceptors (Lipinski definition) is 7. The Morgan fingerprint density at radius 3 is 2.46 bits per heavy atom. The molecule has 4 rings (SSSR count). The number of carbonyl (C=O) groups excluding carboxylic acids is 1. The van der Waals surface area contributed by atoms with Crippen molar-refractivity contribution in [3.05, 3.63) is 48.1 Å². The lowest BCUT2D eigenvalue weighted by Gasteiger charge is -2.43. The van der Waals surface area contributed by atoms with E-state index in [1.165, 1.54) is 17.9 Å². The molecule has 9 nitrogen and oxygen atoms in total. The molecule has 3 aromatic heterocycles. The van der Waals surface area contributed by atoms with Crippen LogP contribution in [0.5, 0.6) is 0 Å². The number of piperidine rings is 1. The molecule has 4 heterocycles. The first-order valence-corrected chi connectivity index (χ1v) is 10.6. The molecule has 186 valence electrons. The molecular formula is C21H21F5N8O. The molecule has 2 unspecified atom stereocenters. The summed E-state index contributed by atoms with van der Waals surface area (Å²) in [4.78, 5) is 29.9. The van der Waals surface area contributed by atoms with E-state index < -0.39 is 49.0 Å². The highest BCUT2D eigenvalue weighted by atomic mass is 19.3. The van der Waals surface area contributed by atoms with Crippen LogP contribution in [0.1, 0.15) is 35.8 Å². The minimum atomic E-state index is -3.14. The van der Waals surface area contributed by atoms with Crippen LogP contribution >= 0.6 is 0 Å². The fraction of sp³-hybridized carbons (Fsp3) is 0.429. The van der Waals surface area contributed by atoms with Gasteiger partial charge in [-0.05, 0) is 5.92 Å². The molecule has 3 aromatic rings. The number of carbonyl (C=O) groups is 1. The smallest absolute Gasteiger partial charge is 0.275 e. The zero-order chi connectivity index (χ0) is 25.3. The molecule has 2 atom stereocenters. The van der Waals surface area contributed by atoms with Crippen LogP contribution in [0.3, 0.4) is 0 Å². The van der Waals surface area contributed by atoms with Crippen LogP contribution in [0.15, 0.2) is 31.0 Å². The summed E-state index contributed by atoms with van der Waals surface area (Å²) in [5.74, 6) is -5.19. The number of nitrogens with one attached hydrogen (secondary N) is 1. The molecule has 14 heteroatoms. The van der Waals surface area contributed by atoms with Crippen LogP contribution in [0.2, 0.25) is 0 Å². The minimum Gasteiger partial charge on any atom is -0.352 e. The predicted octanol–water partition coefficient (Wildman–Crippen LogP) is 3.34. The van der Waals surface area contributed by atoms with Gasteiger partial charge in [-0.2, -0.15) is 5.10 Å². The van der Waals surface area contributed by atoms with E-state index in [0.29, 0.717) is 0 Å². The lowest BCUT2D eigenvalue weighted by atomic mass is 9.88. The van der Waals surface area contributed by atoms with Crippen LogP contribution in [0.4, 0.5) is 27.9 Å². The van der Waals surface area contributed by atoms with Gasteiger partial charge in [0.25, 0.3) is 18.3 Å². The topological polar surface area (TPSA) is 102 Å². The van der Waals surface area contributed by atoms with Crippen molar-refractivity contribution in [2.75, 3.05) is 18.4 Å². The second-order valence-corrected chi connectivity index (χ2v) is 8.35. The molecule has 0 aromatic carbocycles. The van der Waals surface area contributed by atoms with Gasteiger partial charge in [-0.3, -0.25) is 9.48 Å². The summed E-state index contributed by atoms with van der Waals surface area (Å²) in [6.07, 6.45) is 2.03. The Bertz CT molecular complexity index is 1190. The van der Waals surface area contributed by atoms with Crippen molar-refractivity contribution in [1.82, 2.24) is 34.6 Å². The SMILES string of the molecule is CC1CC(F)(F)CN(C(=O)c2nn(C)cc2-c2ncc(F)cn2)C1CNc1ncc(C(F)F)cn1. The molecule has 1 aliphatic heterocycles. The van der Waals surface area contributed by atoms with Gasteiger partial charge in [0, 0.05) is 38.6 Å². The number of aromatic nitrogens is 6. The third-order valence-corrected chi connectivity index (χ3v) is 5.63. The van der Waals surface area contributed by atoms with Crippen LogP contribution in [0.25, 0.3) is 11.4 Å². The van der Waals surface area contributed by atoms with Crippen LogP contribution in [-0.4, -0.2) is 65.6 Å². The molecule has 1 fully saturated rings. The Kier molecular flexibility index (Phi) is 6.63. The monoisotopic (exact) mass is 496 g/mol. The van der Waals surface area contributed by atoms with Crippen molar-refractivity contribution in [3.8, 4) is 11.4 Å². The van der Waals surface area contributed by atoms with Gasteiger partial charge in [-0.1, -0.05) is 6.92 Å². The normalized spacial score (nSPS) is 19.7. The quantitative estimate of drug-likeness (QED) is 0.523. The number of halogens is 5. The summed E-state index contributed by atoms with van der Waals surface area (Å²) in [5, 5.41) is 6.96. The Morgan fingerprint density at radius 2 is 1.83 bits per heavy atom. The summed E-state index contributed by atoms with van der Waals surface area (Å²) in [5.41, 5.74) is -0.355. The second-order valence-electron chi connectivity index (χ2n) is 8.35. The number of alkyl halides is 4. The van der Waals surface area contributed by atoms with Crippen molar-refractivity contribution in [2.24, 2.45) is 13.0 Å². The maximum atomic E-state index is 14.5. The van der Waals surface area contributed by atoms with Crippen molar-refractivity contribution in [2.45, 2.75) is 31.7 Å². The second kappa shape index (κ2) is 9.50. The Balaban J connectivity index is 1.61. The molecule has 35 heavy (non-hydrogen) atoms. The molecular weight excluding hydrogens is 475 g/mol. The van der Waals surface area contributed by atoms with Crippen LogP contribution < -0.4 is 5.32 Å². The number of amides is 1. The molecule has 1 aliphatic rings. The third-order valence-electron chi connectivity index (χ3n) is 5.63. The van der Waals surface area contributed by atoms with E-state index in [1.807, 2.05) is 0 Å². The number of hydrogen-bond donors (Lipinski definition) is 1. The third kappa shape index (κ3) is 5.35. The molecule has 1 N–H and O–H groups in total. The van der Waals surface area contributed by atoms with Gasteiger partial charge in [-0.25, -0.2) is 41.9 Å². The number of anilines is 1. The largest absolute Gasteiger partial charge is 0.352 e. The Labute approximate surface area is 196 Å². The first-order valence-electron chi connectivity index (χ1n) is 10.6. The van der Waals surface area contributed by atoms with Gasteiger partial charge in [0.15, 0.2) is 17.3 Å². The van der Waals surface area contributed by atoms with Crippen molar-refractivity contribution >= 4 is 11.9 Å². The summed E-state index contributed by atoms with van der Waals surface area (Å²) < 4.78 is 69.0. The van der Waals surface area contributed by atoms with E-state index in [4.69, 9.17) is 0 Å². The summed E-state index contributed by atoms with van der Waals surface area (Å²) >= 11 is 0. The van der Waals surface area contributed by atoms with Gasteiger partial charge in [-0.15, -0.1) is 0 Å². The fourth-order valence-electron chi connectivity index (χ4n) is 4.01. The molecule has 0 radical (unpaired) electrons. The van der Waals surface area contributed by atoms with Crippen LogP contribution in [-0.2, 0) is 7.05 Å². The van der Waals surface area contributed by atoms with E-state index in [1.54, 1.807) is 6.92 Å². The van der Waals surface area contributed by atoms with Gasteiger partial charge < -0.3 is 10.2 Å². The molecule has 0 saturated carbocycles. The highest BCUT2D eigenvalue weighted by molar-refractivity contribution is 5.98. The van der Waals surface area contributed by atoms with Gasteiger partial charge in [0.1, 0.15) is 0 Å². The highest BCUT2D eigenvalue weighted by Crippen LogP contribution is 2.36. The van der Waals surface area contributed by atoms with Gasteiger partial charge >= 0.3 is 0 Å². The fourth-order valence-corrected chi connectivity index (χ4v) is 4.01. The maximum Gasteiger partial charge on any atom is 0.275 e. The average Bonchev–Trinajstić information content (AvgIpc) is 3.19. The lowest BCUT2D eigenvalue weighted by molar-refractivity contribution is -0.0898. The number of aryl methyl sites for hydroxylation is 1. The summed E-state index contributed by atoms with van der Waals surface area (Å²) in [6, 6.07) is -0.718. The number of rotatable bonds is 6. The number of likely N-dealkylation sites (tertiary alicyclic amines) is 1. The van der Waals surface area contributed by atoms with E-state index in [2.05, 4.69) is 30.4 Å². The van der Waals surface area contributed by atoms with Gasteiger partial charge in [0.05, 0.1) is 36.1 Å².